The van der Waals surface area contributed by atoms with E-state index in [4.69, 9.17) is 15.9 Å². The van der Waals surface area contributed by atoms with Gasteiger partial charge in [-0.25, -0.2) is 9.59 Å². The van der Waals surface area contributed by atoms with Crippen molar-refractivity contribution in [3.8, 4) is 0 Å². The molecular formula is C11H18N4O8S. The van der Waals surface area contributed by atoms with Gasteiger partial charge < -0.3 is 31.7 Å². The number of nitrogens with one attached hydrogen (secondary N) is 3. The molecule has 0 aromatic carbocycles. The second-order valence-electron chi connectivity index (χ2n) is 4.44. The number of nitrogens with two attached hydrogens (primary N) is 1. The van der Waals surface area contributed by atoms with Crippen LogP contribution in [0.15, 0.2) is 0 Å². The molecule has 0 aromatic heterocycles. The summed E-state index contributed by atoms with van der Waals surface area (Å²) in [6, 6.07) is -3.74. The first-order valence-electron chi connectivity index (χ1n) is 6.41. The Hall–Kier alpha value is -2.38. The Balaban J connectivity index is 4.70. The number of aliphatic hydroxyl groups excluding tert-OH is 1. The highest BCUT2D eigenvalue weighted by Crippen LogP contribution is 2.10. The number of Topliss-reactive ketones (excluding diaryl/α,β-unsaturated/α-hetero) is 1. The van der Waals surface area contributed by atoms with Crippen molar-refractivity contribution in [3.63, 3.8) is 0 Å². The lowest BCUT2D eigenvalue weighted by atomic mass is 10.3. The molecule has 24 heavy (non-hydrogen) atoms. The maximum Gasteiger partial charge on any atom is 0.411 e. The van der Waals surface area contributed by atoms with E-state index in [2.05, 4.69) is 10.6 Å². The first kappa shape index (κ1) is 21.6. The van der Waals surface area contributed by atoms with Gasteiger partial charge in [0.2, 0.25) is 0 Å². The summed E-state index contributed by atoms with van der Waals surface area (Å²) in [7, 11) is 0. The molecule has 0 radical (unpaired) electrons. The molecule has 0 rings (SSSR count). The monoisotopic (exact) mass is 366 g/mol. The number of amides is 4. The average Bonchev–Trinajstić information content (AvgIpc) is 2.47. The molecule has 0 saturated heterocycles. The van der Waals surface area contributed by atoms with Crippen molar-refractivity contribution < 1.29 is 39.3 Å². The van der Waals surface area contributed by atoms with Crippen LogP contribution in [0.2, 0.25) is 0 Å². The van der Waals surface area contributed by atoms with E-state index in [1.807, 2.05) is 0 Å². The first-order valence-corrected chi connectivity index (χ1v) is 7.46. The lowest BCUT2D eigenvalue weighted by Gasteiger charge is -2.18. The van der Waals surface area contributed by atoms with Crippen LogP contribution in [0.3, 0.4) is 0 Å². The number of hydrogen-bond donors (Lipinski definition) is 7. The Morgan fingerprint density at radius 2 is 1.75 bits per heavy atom. The fourth-order valence-corrected chi connectivity index (χ4v) is 2.02. The molecule has 3 atom stereocenters. The van der Waals surface area contributed by atoms with Crippen LogP contribution in [0.5, 0.6) is 0 Å². The van der Waals surface area contributed by atoms with Gasteiger partial charge in [-0.1, -0.05) is 0 Å². The summed E-state index contributed by atoms with van der Waals surface area (Å²) in [4.78, 5) is 55.2. The van der Waals surface area contributed by atoms with Crippen LogP contribution < -0.4 is 21.7 Å². The molecule has 0 aromatic rings. The van der Waals surface area contributed by atoms with Crippen LogP contribution in [-0.2, 0) is 14.4 Å². The topological polar surface area (TPSA) is 208 Å². The van der Waals surface area contributed by atoms with Crippen LogP contribution in [0.1, 0.15) is 6.92 Å². The maximum atomic E-state index is 11.7. The van der Waals surface area contributed by atoms with E-state index in [0.29, 0.717) is 11.8 Å². The molecule has 0 fully saturated rings. The van der Waals surface area contributed by atoms with E-state index in [1.54, 1.807) is 0 Å². The average molecular weight is 366 g/mol. The minimum atomic E-state index is -1.66. The van der Waals surface area contributed by atoms with E-state index in [-0.39, 0.29) is 5.75 Å². The molecular weight excluding hydrogens is 348 g/mol. The molecule has 0 spiro atoms. The van der Waals surface area contributed by atoms with Gasteiger partial charge in [0.05, 0.1) is 0 Å². The summed E-state index contributed by atoms with van der Waals surface area (Å²) in [6.07, 6.45) is -1.66. The highest BCUT2D eigenvalue weighted by molar-refractivity contribution is 8.00. The molecule has 12 nitrogen and oxygen atoms in total. The number of carboxylic acids is 1. The molecule has 0 heterocycles. The summed E-state index contributed by atoms with van der Waals surface area (Å²) < 4.78 is 0. The summed E-state index contributed by atoms with van der Waals surface area (Å²) >= 11 is 0.610. The molecule has 136 valence electrons. The SMILES string of the molecule is CC(=O)C(O)SC[C@H](NC(=O)NC[C@H](N)C(=O)O)C(=O)NC(=O)O. The normalized spacial score (nSPS) is 14.0. The summed E-state index contributed by atoms with van der Waals surface area (Å²) in [5.41, 5.74) is 3.73. The van der Waals surface area contributed by atoms with Crippen LogP contribution in [0.4, 0.5) is 9.59 Å². The van der Waals surface area contributed by atoms with Crippen molar-refractivity contribution in [1.29, 1.82) is 0 Å². The Kier molecular flexibility index (Phi) is 9.37. The van der Waals surface area contributed by atoms with Gasteiger partial charge in [0.25, 0.3) is 5.91 Å². The van der Waals surface area contributed by atoms with Gasteiger partial charge in [0.1, 0.15) is 12.1 Å². The summed E-state index contributed by atoms with van der Waals surface area (Å²) in [6.45, 7) is 0.676. The van der Waals surface area contributed by atoms with Crippen LogP contribution in [-0.4, -0.2) is 74.9 Å². The molecule has 0 saturated carbocycles. The number of thioether (sulfide) groups is 1. The quantitative estimate of drug-likeness (QED) is 0.213. The Morgan fingerprint density at radius 3 is 2.21 bits per heavy atom. The zero-order chi connectivity index (χ0) is 18.9. The van der Waals surface area contributed by atoms with Crippen molar-refractivity contribution in [3.05, 3.63) is 0 Å². The molecule has 0 aliphatic carbocycles. The fourth-order valence-electron chi connectivity index (χ4n) is 1.18. The van der Waals surface area contributed by atoms with Gasteiger partial charge in [0.15, 0.2) is 11.2 Å². The highest BCUT2D eigenvalue weighted by Gasteiger charge is 2.25. The number of aliphatic carboxylic acids is 1. The second-order valence-corrected chi connectivity index (χ2v) is 5.56. The number of carbonyl (C=O) groups is 5. The molecule has 8 N–H and O–H groups in total. The number of carbonyl (C=O) groups excluding carboxylic acids is 3. The number of urea groups is 1. The second kappa shape index (κ2) is 10.4. The van der Waals surface area contributed by atoms with E-state index in [9.17, 15) is 29.1 Å². The predicted molar refractivity (Wildman–Crippen MR) is 81.2 cm³/mol. The van der Waals surface area contributed by atoms with Gasteiger partial charge in [-0.3, -0.25) is 19.7 Å². The van der Waals surface area contributed by atoms with Crippen LogP contribution in [0, 0.1) is 0 Å². The van der Waals surface area contributed by atoms with E-state index in [1.165, 1.54) is 5.32 Å². The number of aliphatic hydroxyl groups is 1. The van der Waals surface area contributed by atoms with Crippen molar-refractivity contribution in [2.24, 2.45) is 5.73 Å². The largest absolute Gasteiger partial charge is 0.480 e. The van der Waals surface area contributed by atoms with Gasteiger partial charge in [-0.15, -0.1) is 11.8 Å². The minimum Gasteiger partial charge on any atom is -0.480 e. The van der Waals surface area contributed by atoms with Gasteiger partial charge in [-0.2, -0.15) is 0 Å². The third-order valence-corrected chi connectivity index (χ3v) is 3.59. The molecule has 0 aliphatic heterocycles. The third kappa shape index (κ3) is 8.92. The van der Waals surface area contributed by atoms with Crippen molar-refractivity contribution in [2.45, 2.75) is 24.4 Å². The fraction of sp³-hybridized carbons (Fsp3) is 0.545. The zero-order valence-corrected chi connectivity index (χ0v) is 13.3. The third-order valence-electron chi connectivity index (χ3n) is 2.42. The summed E-state index contributed by atoms with van der Waals surface area (Å²) in [5.74, 6) is -3.34. The van der Waals surface area contributed by atoms with Crippen molar-refractivity contribution in [1.82, 2.24) is 16.0 Å². The zero-order valence-electron chi connectivity index (χ0n) is 12.5. The number of imide groups is 1. The van der Waals surface area contributed by atoms with Crippen molar-refractivity contribution in [2.75, 3.05) is 12.3 Å². The number of carboxylic acid groups (broad SMARTS) is 2. The number of rotatable bonds is 9. The lowest BCUT2D eigenvalue weighted by molar-refractivity contribution is -0.138. The molecule has 4 amide bonds. The predicted octanol–water partition coefficient (Wildman–Crippen LogP) is -2.50. The van der Waals surface area contributed by atoms with Gasteiger partial charge in [0, 0.05) is 12.3 Å². The van der Waals surface area contributed by atoms with Crippen molar-refractivity contribution >= 4 is 41.5 Å². The molecule has 1 unspecified atom stereocenters. The van der Waals surface area contributed by atoms with E-state index < -0.39 is 53.8 Å². The number of hydrogen-bond acceptors (Lipinski definition) is 8. The lowest BCUT2D eigenvalue weighted by Crippen LogP contribution is -2.54. The van der Waals surface area contributed by atoms with E-state index >= 15 is 0 Å². The minimum absolute atomic E-state index is 0.307. The standard InChI is InChI=1S/C11H18N4O8S/c1-4(16)9(20)24-3-6(7(17)15-11(22)23)14-10(21)13-2-5(12)8(18)19/h5-6,9,20H,2-3,12H2,1H3,(H,15,17)(H,18,19)(H,22,23)(H2,13,14,21)/t5-,6-,9?/m0/s1. The Bertz CT molecular complexity index is 514. The summed E-state index contributed by atoms with van der Waals surface area (Å²) in [5, 5.41) is 32.2. The van der Waals surface area contributed by atoms with Crippen LogP contribution in [0.25, 0.3) is 0 Å². The first-order chi connectivity index (χ1) is 11.0. The number of ketones is 1. The van der Waals surface area contributed by atoms with Gasteiger partial charge in [-0.05, 0) is 6.92 Å². The Morgan fingerprint density at radius 1 is 1.17 bits per heavy atom. The molecule has 13 heteroatoms. The highest BCUT2D eigenvalue weighted by atomic mass is 32.2. The maximum absolute atomic E-state index is 11.7. The Labute approximate surface area is 140 Å². The van der Waals surface area contributed by atoms with Crippen LogP contribution >= 0.6 is 11.8 Å². The van der Waals surface area contributed by atoms with Gasteiger partial charge >= 0.3 is 18.1 Å². The smallest absolute Gasteiger partial charge is 0.411 e. The van der Waals surface area contributed by atoms with E-state index in [0.717, 1.165) is 6.92 Å². The molecule has 0 aliphatic rings. The molecule has 0 bridgehead atoms.